The third kappa shape index (κ3) is 3.75. The lowest BCUT2D eigenvalue weighted by molar-refractivity contribution is 0.0948. The van der Waals surface area contributed by atoms with Gasteiger partial charge in [-0.15, -0.1) is 10.2 Å². The lowest BCUT2D eigenvalue weighted by Crippen LogP contribution is -2.20. The van der Waals surface area contributed by atoms with Gasteiger partial charge in [-0.05, 0) is 23.7 Å². The van der Waals surface area contributed by atoms with Crippen LogP contribution in [0, 0.1) is 0 Å². The second kappa shape index (κ2) is 8.14. The van der Waals surface area contributed by atoms with E-state index in [1.165, 1.54) is 18.8 Å². The maximum atomic E-state index is 12.2. The third-order valence-corrected chi connectivity index (χ3v) is 5.39. The Morgan fingerprint density at radius 1 is 1.15 bits per heavy atom. The van der Waals surface area contributed by atoms with E-state index in [9.17, 15) is 9.59 Å². The number of methoxy groups -OCH3 is 1. The minimum Gasteiger partial charge on any atom is -0.497 e. The highest BCUT2D eigenvalue weighted by atomic mass is 32.2. The molecule has 10 nitrogen and oxygen atoms in total. The highest BCUT2D eigenvalue weighted by Crippen LogP contribution is 2.35. The van der Waals surface area contributed by atoms with Crippen LogP contribution in [0.1, 0.15) is 21.0 Å². The predicted molar refractivity (Wildman–Crippen MR) is 98.7 cm³/mol. The number of rotatable bonds is 6. The molecule has 0 bridgehead atoms. The molecule has 0 atom stereocenters. The van der Waals surface area contributed by atoms with E-state index >= 15 is 0 Å². The number of benzene rings is 1. The molecule has 1 aromatic carbocycles. The van der Waals surface area contributed by atoms with Gasteiger partial charge in [0, 0.05) is 20.2 Å². The number of nitrogens with one attached hydrogen (secondary N) is 2. The smallest absolute Gasteiger partial charge is 0.274 e. The first-order valence-electron chi connectivity index (χ1n) is 7.63. The number of nitrogens with zero attached hydrogens (tertiary/aromatic N) is 5. The van der Waals surface area contributed by atoms with Gasteiger partial charge in [0.1, 0.15) is 15.0 Å². The van der Waals surface area contributed by atoms with Crippen molar-refractivity contribution in [2.45, 2.75) is 9.24 Å². The van der Waals surface area contributed by atoms with Crippen LogP contribution in [-0.4, -0.2) is 57.6 Å². The largest absolute Gasteiger partial charge is 0.497 e. The highest BCUT2D eigenvalue weighted by Gasteiger charge is 2.25. The monoisotopic (exact) mass is 405 g/mol. The maximum Gasteiger partial charge on any atom is 0.274 e. The van der Waals surface area contributed by atoms with Gasteiger partial charge in [0.2, 0.25) is 0 Å². The SMILES string of the molecule is CNC(=O)c1nnsc1Sc1c(C(=O)NC)nnn1-c1cccc(OC)c1. The molecule has 0 saturated heterocycles. The molecule has 0 aliphatic heterocycles. The molecule has 2 heterocycles. The molecule has 12 heteroatoms. The summed E-state index contributed by atoms with van der Waals surface area (Å²) >= 11 is 2.19. The minimum absolute atomic E-state index is 0.126. The normalized spacial score (nSPS) is 10.5. The predicted octanol–water partition coefficient (Wildman–Crippen LogP) is 0.998. The summed E-state index contributed by atoms with van der Waals surface area (Å²) in [6.45, 7) is 0. The Kier molecular flexibility index (Phi) is 5.66. The number of amides is 2. The Morgan fingerprint density at radius 2 is 1.89 bits per heavy atom. The molecule has 2 aromatic heterocycles. The molecule has 3 aromatic rings. The zero-order valence-corrected chi connectivity index (χ0v) is 16.2. The molecule has 0 fully saturated rings. The highest BCUT2D eigenvalue weighted by molar-refractivity contribution is 8.01. The number of ether oxygens (including phenoxy) is 1. The van der Waals surface area contributed by atoms with Gasteiger partial charge in [-0.1, -0.05) is 27.5 Å². The third-order valence-electron chi connectivity index (χ3n) is 3.46. The van der Waals surface area contributed by atoms with Crippen molar-refractivity contribution in [3.63, 3.8) is 0 Å². The fraction of sp³-hybridized carbons (Fsp3) is 0.200. The molecule has 3 rings (SSSR count). The van der Waals surface area contributed by atoms with Crippen LogP contribution in [0.3, 0.4) is 0 Å². The number of aromatic nitrogens is 5. The zero-order valence-electron chi connectivity index (χ0n) is 14.6. The van der Waals surface area contributed by atoms with E-state index < -0.39 is 5.91 Å². The average molecular weight is 405 g/mol. The van der Waals surface area contributed by atoms with Crippen LogP contribution in [0.5, 0.6) is 5.75 Å². The number of carbonyl (C=O) groups excluding carboxylic acids is 2. The summed E-state index contributed by atoms with van der Waals surface area (Å²) in [5.74, 6) is -0.135. The lowest BCUT2D eigenvalue weighted by Gasteiger charge is -2.08. The number of hydrogen-bond acceptors (Lipinski definition) is 9. The molecule has 0 spiro atoms. The number of carbonyl (C=O) groups is 2. The van der Waals surface area contributed by atoms with Gasteiger partial charge in [0.15, 0.2) is 11.4 Å². The van der Waals surface area contributed by atoms with E-state index in [-0.39, 0.29) is 17.3 Å². The Morgan fingerprint density at radius 3 is 2.59 bits per heavy atom. The van der Waals surface area contributed by atoms with Crippen LogP contribution in [0.2, 0.25) is 0 Å². The van der Waals surface area contributed by atoms with E-state index in [0.29, 0.717) is 20.7 Å². The molecule has 2 N–H and O–H groups in total. The van der Waals surface area contributed by atoms with Gasteiger partial charge in [0.25, 0.3) is 11.8 Å². The second-order valence-electron chi connectivity index (χ2n) is 5.03. The van der Waals surface area contributed by atoms with Gasteiger partial charge < -0.3 is 15.4 Å². The summed E-state index contributed by atoms with van der Waals surface area (Å²) in [5, 5.41) is 17.4. The van der Waals surface area contributed by atoms with Crippen molar-refractivity contribution < 1.29 is 14.3 Å². The van der Waals surface area contributed by atoms with E-state index in [0.717, 1.165) is 23.3 Å². The minimum atomic E-state index is -0.398. The van der Waals surface area contributed by atoms with E-state index in [1.807, 2.05) is 0 Å². The first-order chi connectivity index (χ1) is 13.1. The molecule has 0 unspecified atom stereocenters. The standard InChI is InChI=1S/C15H15N7O3S2/c1-16-12(23)10-14(26-15-11(13(24)17-2)19-21-27-15)22(20-18-10)8-5-4-6-9(7-8)25-3/h4-7H,1-3H3,(H,16,23)(H,17,24). The molecule has 140 valence electrons. The second-order valence-corrected chi connectivity index (χ2v) is 7.04. The summed E-state index contributed by atoms with van der Waals surface area (Å²) in [5.41, 5.74) is 0.953. The Hall–Kier alpha value is -2.99. The van der Waals surface area contributed by atoms with Crippen LogP contribution in [0.15, 0.2) is 33.5 Å². The van der Waals surface area contributed by atoms with Crippen LogP contribution in [0.25, 0.3) is 5.69 Å². The van der Waals surface area contributed by atoms with Crippen molar-refractivity contribution in [3.05, 3.63) is 35.7 Å². The van der Waals surface area contributed by atoms with Crippen molar-refractivity contribution in [1.82, 2.24) is 35.2 Å². The lowest BCUT2D eigenvalue weighted by atomic mass is 10.3. The van der Waals surface area contributed by atoms with Gasteiger partial charge in [-0.25, -0.2) is 4.68 Å². The molecule has 2 amide bonds. The maximum absolute atomic E-state index is 12.2. The topological polar surface area (TPSA) is 124 Å². The molecule has 0 saturated carbocycles. The van der Waals surface area contributed by atoms with Crippen molar-refractivity contribution in [2.75, 3.05) is 21.2 Å². The van der Waals surface area contributed by atoms with Gasteiger partial charge in [0.05, 0.1) is 12.8 Å². The van der Waals surface area contributed by atoms with Crippen molar-refractivity contribution in [3.8, 4) is 11.4 Å². The van der Waals surface area contributed by atoms with Gasteiger partial charge in [-0.2, -0.15) is 0 Å². The average Bonchev–Trinajstić information content (AvgIpc) is 3.34. The zero-order chi connectivity index (χ0) is 19.4. The van der Waals surface area contributed by atoms with Crippen LogP contribution >= 0.6 is 23.3 Å². The summed E-state index contributed by atoms with van der Waals surface area (Å²) in [6, 6.07) is 7.16. The van der Waals surface area contributed by atoms with Crippen LogP contribution < -0.4 is 15.4 Å². The van der Waals surface area contributed by atoms with E-state index in [1.54, 1.807) is 31.4 Å². The summed E-state index contributed by atoms with van der Waals surface area (Å²) in [4.78, 5) is 24.2. The van der Waals surface area contributed by atoms with Crippen LogP contribution in [-0.2, 0) is 0 Å². The molecule has 0 aliphatic carbocycles. The molecule has 0 radical (unpaired) electrons. The van der Waals surface area contributed by atoms with Crippen LogP contribution in [0.4, 0.5) is 0 Å². The van der Waals surface area contributed by atoms with Gasteiger partial charge >= 0.3 is 0 Å². The fourth-order valence-corrected chi connectivity index (χ4v) is 3.90. The fourth-order valence-electron chi connectivity index (χ4n) is 2.13. The molecule has 27 heavy (non-hydrogen) atoms. The molecular formula is C15H15N7O3S2. The summed E-state index contributed by atoms with van der Waals surface area (Å²) in [6.07, 6.45) is 0. The van der Waals surface area contributed by atoms with E-state index in [2.05, 4.69) is 30.5 Å². The summed E-state index contributed by atoms with van der Waals surface area (Å²) < 4.78 is 11.1. The Bertz CT molecular complexity index is 985. The first kappa shape index (κ1) is 18.8. The first-order valence-corrected chi connectivity index (χ1v) is 9.22. The number of hydrogen-bond donors (Lipinski definition) is 2. The molecular weight excluding hydrogens is 390 g/mol. The van der Waals surface area contributed by atoms with Crippen molar-refractivity contribution in [2.24, 2.45) is 0 Å². The van der Waals surface area contributed by atoms with Crippen molar-refractivity contribution >= 4 is 35.1 Å². The van der Waals surface area contributed by atoms with Crippen molar-refractivity contribution in [1.29, 1.82) is 0 Å². The Balaban J connectivity index is 2.09. The summed E-state index contributed by atoms with van der Waals surface area (Å²) in [7, 11) is 4.57. The molecule has 0 aliphatic rings. The van der Waals surface area contributed by atoms with Gasteiger partial charge in [-0.3, -0.25) is 9.59 Å². The van der Waals surface area contributed by atoms with E-state index in [4.69, 9.17) is 4.74 Å². The quantitative estimate of drug-likeness (QED) is 0.622. The Labute approximate surface area is 162 Å².